The molecule has 18 heavy (non-hydrogen) atoms. The predicted octanol–water partition coefficient (Wildman–Crippen LogP) is 3.89. The standard InChI is InChI=1S/C11H8BrClN4S/c1-5-6(2)10-14-15-11(17(10)16-9(5)13)8-7(12)3-4-18-8/h3-4H,1-2H3. The highest BCUT2D eigenvalue weighted by Crippen LogP contribution is 2.33. The molecule has 3 aromatic heterocycles. The fourth-order valence-corrected chi connectivity index (χ4v) is 3.42. The summed E-state index contributed by atoms with van der Waals surface area (Å²) >= 11 is 11.2. The van der Waals surface area contributed by atoms with Crippen molar-refractivity contribution in [3.8, 4) is 10.7 Å². The number of thiophene rings is 1. The van der Waals surface area contributed by atoms with Crippen molar-refractivity contribution >= 4 is 44.5 Å². The number of fused-ring (bicyclic) bond motifs is 1. The fraction of sp³-hybridized carbons (Fsp3) is 0.182. The lowest BCUT2D eigenvalue weighted by Crippen LogP contribution is -1.99. The lowest BCUT2D eigenvalue weighted by molar-refractivity contribution is 0.921. The maximum absolute atomic E-state index is 6.13. The highest BCUT2D eigenvalue weighted by molar-refractivity contribution is 9.10. The maximum Gasteiger partial charge on any atom is 0.196 e. The molecule has 0 spiro atoms. The van der Waals surface area contributed by atoms with E-state index in [-0.39, 0.29) is 0 Å². The van der Waals surface area contributed by atoms with Gasteiger partial charge in [0.1, 0.15) is 0 Å². The first kappa shape index (κ1) is 12.1. The Balaban J connectivity index is 2.37. The van der Waals surface area contributed by atoms with Gasteiger partial charge in [-0.05, 0) is 46.8 Å². The van der Waals surface area contributed by atoms with Crippen molar-refractivity contribution in [2.45, 2.75) is 13.8 Å². The number of aromatic nitrogens is 4. The molecule has 92 valence electrons. The molecule has 0 N–H and O–H groups in total. The molecule has 0 aliphatic rings. The Morgan fingerprint density at radius 1 is 1.28 bits per heavy atom. The summed E-state index contributed by atoms with van der Waals surface area (Å²) in [6.07, 6.45) is 0. The van der Waals surface area contributed by atoms with Crippen LogP contribution < -0.4 is 0 Å². The van der Waals surface area contributed by atoms with Gasteiger partial charge < -0.3 is 0 Å². The summed E-state index contributed by atoms with van der Waals surface area (Å²) < 4.78 is 2.68. The van der Waals surface area contributed by atoms with Crippen LogP contribution in [0.25, 0.3) is 16.3 Å². The zero-order chi connectivity index (χ0) is 12.9. The third-order valence-electron chi connectivity index (χ3n) is 2.86. The van der Waals surface area contributed by atoms with Crippen molar-refractivity contribution in [3.63, 3.8) is 0 Å². The molecule has 0 saturated carbocycles. The van der Waals surface area contributed by atoms with Crippen LogP contribution in [-0.2, 0) is 0 Å². The molecule has 0 aliphatic carbocycles. The van der Waals surface area contributed by atoms with E-state index in [1.54, 1.807) is 15.9 Å². The maximum atomic E-state index is 6.13. The number of nitrogens with zero attached hydrogens (tertiary/aromatic N) is 4. The molecule has 3 heterocycles. The van der Waals surface area contributed by atoms with E-state index in [9.17, 15) is 0 Å². The van der Waals surface area contributed by atoms with Gasteiger partial charge in [0.2, 0.25) is 0 Å². The van der Waals surface area contributed by atoms with Crippen LogP contribution in [0.5, 0.6) is 0 Å². The Morgan fingerprint density at radius 3 is 2.72 bits per heavy atom. The molecule has 3 rings (SSSR count). The molecule has 0 aliphatic heterocycles. The van der Waals surface area contributed by atoms with E-state index in [0.29, 0.717) is 11.0 Å². The normalized spacial score (nSPS) is 11.3. The summed E-state index contributed by atoms with van der Waals surface area (Å²) in [4.78, 5) is 0.995. The van der Waals surface area contributed by atoms with Crippen LogP contribution >= 0.6 is 38.9 Å². The molecule has 0 unspecified atom stereocenters. The second-order valence-corrected chi connectivity index (χ2v) is 6.03. The first-order valence-corrected chi connectivity index (χ1v) is 7.26. The predicted molar refractivity (Wildman–Crippen MR) is 76.3 cm³/mol. The summed E-state index contributed by atoms with van der Waals surface area (Å²) in [5.41, 5.74) is 2.68. The summed E-state index contributed by atoms with van der Waals surface area (Å²) in [7, 11) is 0. The van der Waals surface area contributed by atoms with E-state index in [1.807, 2.05) is 25.3 Å². The number of hydrogen-bond acceptors (Lipinski definition) is 4. The van der Waals surface area contributed by atoms with Crippen LogP contribution in [0.15, 0.2) is 15.9 Å². The van der Waals surface area contributed by atoms with Gasteiger partial charge in [0.25, 0.3) is 0 Å². The van der Waals surface area contributed by atoms with Crippen molar-refractivity contribution < 1.29 is 0 Å². The van der Waals surface area contributed by atoms with Gasteiger partial charge in [-0.15, -0.1) is 21.5 Å². The second-order valence-electron chi connectivity index (χ2n) is 3.90. The van der Waals surface area contributed by atoms with E-state index in [0.717, 1.165) is 26.1 Å². The van der Waals surface area contributed by atoms with E-state index >= 15 is 0 Å². The molecule has 0 amide bonds. The zero-order valence-corrected chi connectivity index (χ0v) is 12.8. The molecular weight excluding hydrogens is 336 g/mol. The third-order valence-corrected chi connectivity index (χ3v) is 5.05. The van der Waals surface area contributed by atoms with Gasteiger partial charge >= 0.3 is 0 Å². The van der Waals surface area contributed by atoms with Crippen LogP contribution in [-0.4, -0.2) is 19.8 Å². The summed E-state index contributed by atoms with van der Waals surface area (Å²) in [5.74, 6) is 0.705. The van der Waals surface area contributed by atoms with Crippen molar-refractivity contribution in [1.29, 1.82) is 0 Å². The van der Waals surface area contributed by atoms with Gasteiger partial charge in [-0.2, -0.15) is 9.61 Å². The average molecular weight is 344 g/mol. The minimum atomic E-state index is 0.480. The molecule has 0 aromatic carbocycles. The number of hydrogen-bond donors (Lipinski definition) is 0. The Morgan fingerprint density at radius 2 is 2.06 bits per heavy atom. The monoisotopic (exact) mass is 342 g/mol. The van der Waals surface area contributed by atoms with Gasteiger partial charge in [-0.25, -0.2) is 0 Å². The zero-order valence-electron chi connectivity index (χ0n) is 9.61. The van der Waals surface area contributed by atoms with Crippen molar-refractivity contribution in [3.05, 3.63) is 32.2 Å². The second kappa shape index (κ2) is 4.29. The highest BCUT2D eigenvalue weighted by atomic mass is 79.9. The molecule has 4 nitrogen and oxygen atoms in total. The topological polar surface area (TPSA) is 43.1 Å². The minimum Gasteiger partial charge on any atom is -0.190 e. The SMILES string of the molecule is Cc1c(Cl)nn2c(-c3sccc3Br)nnc2c1C. The number of rotatable bonds is 1. The fourth-order valence-electron chi connectivity index (χ4n) is 1.69. The Bertz CT molecular complexity index is 749. The van der Waals surface area contributed by atoms with Crippen molar-refractivity contribution in [2.24, 2.45) is 0 Å². The van der Waals surface area contributed by atoms with Gasteiger partial charge in [-0.3, -0.25) is 0 Å². The first-order chi connectivity index (χ1) is 8.59. The molecule has 0 saturated heterocycles. The average Bonchev–Trinajstić information content (AvgIpc) is 2.92. The lowest BCUT2D eigenvalue weighted by atomic mass is 10.2. The van der Waals surface area contributed by atoms with Crippen LogP contribution in [0, 0.1) is 13.8 Å². The van der Waals surface area contributed by atoms with Gasteiger partial charge in [-0.1, -0.05) is 11.6 Å². The molecular formula is C11H8BrClN4S. The Labute approximate surface area is 121 Å². The van der Waals surface area contributed by atoms with Crippen molar-refractivity contribution in [2.75, 3.05) is 0 Å². The van der Waals surface area contributed by atoms with E-state index in [1.165, 1.54) is 0 Å². The quantitative estimate of drug-likeness (QED) is 0.673. The third kappa shape index (κ3) is 1.67. The largest absolute Gasteiger partial charge is 0.196 e. The van der Waals surface area contributed by atoms with Gasteiger partial charge in [0, 0.05) is 10.0 Å². The Hall–Kier alpha value is -0.980. The number of halogens is 2. The summed E-state index contributed by atoms with van der Waals surface area (Å²) in [5, 5.41) is 15.2. The molecule has 7 heteroatoms. The lowest BCUT2D eigenvalue weighted by Gasteiger charge is -2.04. The molecule has 3 aromatic rings. The van der Waals surface area contributed by atoms with Gasteiger partial charge in [0.05, 0.1) is 4.88 Å². The van der Waals surface area contributed by atoms with Crippen LogP contribution in [0.1, 0.15) is 11.1 Å². The first-order valence-electron chi connectivity index (χ1n) is 5.21. The van der Waals surface area contributed by atoms with E-state index in [4.69, 9.17) is 11.6 Å². The Kier molecular flexibility index (Phi) is 2.88. The van der Waals surface area contributed by atoms with Gasteiger partial charge in [0.15, 0.2) is 16.6 Å². The molecule has 0 radical (unpaired) electrons. The van der Waals surface area contributed by atoms with E-state index < -0.39 is 0 Å². The molecule has 0 bridgehead atoms. The highest BCUT2D eigenvalue weighted by Gasteiger charge is 2.17. The minimum absolute atomic E-state index is 0.480. The molecule has 0 fully saturated rings. The summed E-state index contributed by atoms with van der Waals surface area (Å²) in [6.45, 7) is 3.90. The number of aryl methyl sites for hydroxylation is 1. The van der Waals surface area contributed by atoms with Crippen LogP contribution in [0.4, 0.5) is 0 Å². The van der Waals surface area contributed by atoms with E-state index in [2.05, 4.69) is 31.2 Å². The van der Waals surface area contributed by atoms with Crippen molar-refractivity contribution in [1.82, 2.24) is 19.8 Å². The van der Waals surface area contributed by atoms with Crippen LogP contribution in [0.3, 0.4) is 0 Å². The summed E-state index contributed by atoms with van der Waals surface area (Å²) in [6, 6.07) is 1.98. The smallest absolute Gasteiger partial charge is 0.190 e. The molecule has 0 atom stereocenters. The van der Waals surface area contributed by atoms with Crippen LogP contribution in [0.2, 0.25) is 5.15 Å².